The van der Waals surface area contributed by atoms with Gasteiger partial charge >= 0.3 is 0 Å². The quantitative estimate of drug-likeness (QED) is 0.896. The van der Waals surface area contributed by atoms with Gasteiger partial charge in [-0.15, -0.1) is 11.3 Å². The number of benzene rings is 1. The first kappa shape index (κ1) is 15.1. The van der Waals surface area contributed by atoms with Crippen LogP contribution in [0.1, 0.15) is 11.3 Å². The summed E-state index contributed by atoms with van der Waals surface area (Å²) < 4.78 is 0. The topological polar surface area (TPSA) is 71.2 Å². The number of hydrogen-bond donors (Lipinski definition) is 2. The molecule has 116 valence electrons. The van der Waals surface area contributed by atoms with Crippen LogP contribution < -0.4 is 11.1 Å². The smallest absolute Gasteiger partial charge is 0.237 e. The van der Waals surface area contributed by atoms with Crippen LogP contribution in [0.5, 0.6) is 0 Å². The monoisotopic (exact) mass is 316 g/mol. The van der Waals surface area contributed by atoms with Crippen molar-refractivity contribution in [3.63, 3.8) is 0 Å². The Hall–Kier alpha value is -1.76. The van der Waals surface area contributed by atoms with Crippen LogP contribution in [-0.2, 0) is 11.3 Å². The van der Waals surface area contributed by atoms with E-state index in [0.29, 0.717) is 6.42 Å². The average molecular weight is 316 g/mol. The van der Waals surface area contributed by atoms with Crippen LogP contribution in [0.3, 0.4) is 0 Å². The van der Waals surface area contributed by atoms with Gasteiger partial charge in [0.2, 0.25) is 5.91 Å². The number of carbonyl (C=O) groups is 1. The molecule has 1 aromatic carbocycles. The van der Waals surface area contributed by atoms with Crippen molar-refractivity contribution in [3.05, 3.63) is 41.4 Å². The van der Waals surface area contributed by atoms with E-state index in [2.05, 4.69) is 27.3 Å². The van der Waals surface area contributed by atoms with E-state index in [4.69, 9.17) is 5.73 Å². The van der Waals surface area contributed by atoms with Crippen LogP contribution in [0.4, 0.5) is 0 Å². The number of hydrogen-bond acceptors (Lipinski definition) is 5. The molecule has 6 heteroatoms. The third-order valence-corrected chi connectivity index (χ3v) is 4.95. The molecular weight excluding hydrogens is 296 g/mol. The summed E-state index contributed by atoms with van der Waals surface area (Å²) in [6, 6.07) is 10.1. The van der Waals surface area contributed by atoms with Gasteiger partial charge in [0.25, 0.3) is 0 Å². The lowest BCUT2D eigenvalue weighted by atomic mass is 10.1. The first-order valence-electron chi connectivity index (χ1n) is 7.38. The van der Waals surface area contributed by atoms with E-state index in [1.54, 1.807) is 18.4 Å². The van der Waals surface area contributed by atoms with E-state index < -0.39 is 0 Å². The van der Waals surface area contributed by atoms with Crippen molar-refractivity contribution in [2.24, 2.45) is 5.73 Å². The van der Waals surface area contributed by atoms with Crippen molar-refractivity contribution >= 4 is 17.2 Å². The minimum absolute atomic E-state index is 0.0424. The van der Waals surface area contributed by atoms with Crippen LogP contribution in [0.15, 0.2) is 36.5 Å². The summed E-state index contributed by atoms with van der Waals surface area (Å²) in [4.78, 5) is 19.8. The fourth-order valence-electron chi connectivity index (χ4n) is 2.85. The van der Waals surface area contributed by atoms with Crippen molar-refractivity contribution in [1.82, 2.24) is 15.2 Å². The maximum atomic E-state index is 12.0. The number of nitrogens with one attached hydrogen (secondary N) is 1. The van der Waals surface area contributed by atoms with Crippen LogP contribution in [-0.4, -0.2) is 41.5 Å². The van der Waals surface area contributed by atoms with E-state index in [9.17, 15) is 4.79 Å². The lowest BCUT2D eigenvalue weighted by Crippen LogP contribution is -2.41. The SMILES string of the molecule is CNC(=O)[C@@H]1C[C@@H](N)CN1Cc1cnc(-c2ccccc2)s1. The van der Waals surface area contributed by atoms with E-state index in [-0.39, 0.29) is 18.0 Å². The highest BCUT2D eigenvalue weighted by Crippen LogP contribution is 2.27. The average Bonchev–Trinajstić information content (AvgIpc) is 3.14. The zero-order valence-electron chi connectivity index (χ0n) is 12.5. The molecule has 1 amide bonds. The molecule has 0 unspecified atom stereocenters. The minimum Gasteiger partial charge on any atom is -0.358 e. The Morgan fingerprint density at radius 2 is 2.23 bits per heavy atom. The summed E-state index contributed by atoms with van der Waals surface area (Å²) in [6.07, 6.45) is 2.61. The highest BCUT2D eigenvalue weighted by atomic mass is 32.1. The van der Waals surface area contributed by atoms with Crippen molar-refractivity contribution < 1.29 is 4.79 Å². The Labute approximate surface area is 134 Å². The Morgan fingerprint density at radius 1 is 1.45 bits per heavy atom. The summed E-state index contributed by atoms with van der Waals surface area (Å²) in [5.74, 6) is 0.0424. The Bertz CT molecular complexity index is 643. The number of carbonyl (C=O) groups excluding carboxylic acids is 1. The molecular formula is C16H20N4OS. The predicted molar refractivity (Wildman–Crippen MR) is 88.4 cm³/mol. The first-order chi connectivity index (χ1) is 10.7. The second-order valence-electron chi connectivity index (χ2n) is 5.55. The molecule has 2 heterocycles. The normalized spacial score (nSPS) is 21.9. The molecule has 2 atom stereocenters. The standard InChI is InChI=1S/C16H20N4OS/c1-18-15(21)14-7-12(17)9-20(14)10-13-8-19-16(22-13)11-5-3-2-4-6-11/h2-6,8,12,14H,7,9-10,17H2,1H3,(H,18,21)/t12-,14+/m1/s1. The molecule has 5 nitrogen and oxygen atoms in total. The summed E-state index contributed by atoms with van der Waals surface area (Å²) in [5.41, 5.74) is 7.15. The third kappa shape index (κ3) is 3.19. The van der Waals surface area contributed by atoms with E-state index in [1.165, 1.54) is 0 Å². The highest BCUT2D eigenvalue weighted by Gasteiger charge is 2.34. The number of aromatic nitrogens is 1. The van der Waals surface area contributed by atoms with Crippen LogP contribution in [0, 0.1) is 0 Å². The van der Waals surface area contributed by atoms with Crippen LogP contribution in [0.25, 0.3) is 10.6 Å². The lowest BCUT2D eigenvalue weighted by Gasteiger charge is -2.21. The fourth-order valence-corrected chi connectivity index (χ4v) is 3.79. The van der Waals surface area contributed by atoms with Gasteiger partial charge in [-0.25, -0.2) is 4.98 Å². The molecule has 0 radical (unpaired) electrons. The van der Waals surface area contributed by atoms with E-state index in [0.717, 1.165) is 28.5 Å². The molecule has 2 aromatic rings. The number of likely N-dealkylation sites (tertiary alicyclic amines) is 1. The summed E-state index contributed by atoms with van der Waals surface area (Å²) in [7, 11) is 1.67. The van der Waals surface area contributed by atoms with Gasteiger partial charge < -0.3 is 11.1 Å². The van der Waals surface area contributed by atoms with Crippen LogP contribution >= 0.6 is 11.3 Å². The Kier molecular flexibility index (Phi) is 4.52. The van der Waals surface area contributed by atoms with E-state index in [1.807, 2.05) is 24.4 Å². The van der Waals surface area contributed by atoms with Gasteiger partial charge in [-0.1, -0.05) is 30.3 Å². The first-order valence-corrected chi connectivity index (χ1v) is 8.20. The second kappa shape index (κ2) is 6.56. The second-order valence-corrected chi connectivity index (χ2v) is 6.67. The van der Waals surface area contributed by atoms with Gasteiger partial charge in [-0.05, 0) is 6.42 Å². The van der Waals surface area contributed by atoms with E-state index >= 15 is 0 Å². The van der Waals surface area contributed by atoms with Crippen molar-refractivity contribution in [1.29, 1.82) is 0 Å². The maximum Gasteiger partial charge on any atom is 0.237 e. The molecule has 22 heavy (non-hydrogen) atoms. The minimum atomic E-state index is -0.137. The number of amides is 1. The molecule has 0 spiro atoms. The van der Waals surface area contributed by atoms with Crippen molar-refractivity contribution in [2.45, 2.75) is 25.0 Å². The molecule has 1 fully saturated rings. The molecule has 0 saturated carbocycles. The summed E-state index contributed by atoms with van der Waals surface area (Å²) in [5, 5.41) is 3.74. The number of nitrogens with zero attached hydrogens (tertiary/aromatic N) is 2. The van der Waals surface area contributed by atoms with Crippen LogP contribution in [0.2, 0.25) is 0 Å². The third-order valence-electron chi connectivity index (χ3n) is 3.92. The fraction of sp³-hybridized carbons (Fsp3) is 0.375. The summed E-state index contributed by atoms with van der Waals surface area (Å²) >= 11 is 1.67. The zero-order valence-corrected chi connectivity index (χ0v) is 13.3. The molecule has 3 N–H and O–H groups in total. The molecule has 0 bridgehead atoms. The zero-order chi connectivity index (χ0) is 15.5. The van der Waals surface area contributed by atoms with Gasteiger partial charge in [-0.2, -0.15) is 0 Å². The van der Waals surface area contributed by atoms with Gasteiger partial charge in [0.05, 0.1) is 6.04 Å². The molecule has 1 aliphatic rings. The number of nitrogens with two attached hydrogens (primary N) is 1. The van der Waals surface area contributed by atoms with Crippen molar-refractivity contribution in [3.8, 4) is 10.6 Å². The molecule has 0 aliphatic carbocycles. The number of rotatable bonds is 4. The summed E-state index contributed by atoms with van der Waals surface area (Å²) in [6.45, 7) is 1.47. The van der Waals surface area contributed by atoms with Gasteiger partial charge in [0.1, 0.15) is 5.01 Å². The van der Waals surface area contributed by atoms with Gasteiger partial charge in [0.15, 0.2) is 0 Å². The van der Waals surface area contributed by atoms with Gasteiger partial charge in [-0.3, -0.25) is 9.69 Å². The van der Waals surface area contributed by atoms with Crippen molar-refractivity contribution in [2.75, 3.05) is 13.6 Å². The number of thiazole rings is 1. The predicted octanol–water partition coefficient (Wildman–Crippen LogP) is 1.46. The lowest BCUT2D eigenvalue weighted by molar-refractivity contribution is -0.125. The molecule has 1 aliphatic heterocycles. The highest BCUT2D eigenvalue weighted by molar-refractivity contribution is 7.15. The molecule has 1 aromatic heterocycles. The largest absolute Gasteiger partial charge is 0.358 e. The molecule has 3 rings (SSSR count). The maximum absolute atomic E-state index is 12.0. The molecule has 1 saturated heterocycles. The Balaban J connectivity index is 1.73. The Morgan fingerprint density at radius 3 is 2.95 bits per heavy atom. The number of likely N-dealkylation sites (N-methyl/N-ethyl adjacent to an activating group) is 1. The van der Waals surface area contributed by atoms with Gasteiger partial charge in [0, 0.05) is 42.8 Å².